The van der Waals surface area contributed by atoms with E-state index in [1.54, 1.807) is 25.3 Å². The van der Waals surface area contributed by atoms with E-state index in [2.05, 4.69) is 16.3 Å². The van der Waals surface area contributed by atoms with Crippen molar-refractivity contribution in [2.45, 2.75) is 13.5 Å². The van der Waals surface area contributed by atoms with E-state index in [1.165, 1.54) is 13.4 Å². The van der Waals surface area contributed by atoms with Gasteiger partial charge in [-0.1, -0.05) is 12.1 Å². The molecule has 1 fully saturated rings. The number of nitriles is 1. The van der Waals surface area contributed by atoms with E-state index >= 15 is 0 Å². The lowest BCUT2D eigenvalue weighted by atomic mass is 10.0. The minimum absolute atomic E-state index is 0.0883. The van der Waals surface area contributed by atoms with E-state index in [9.17, 15) is 14.9 Å². The van der Waals surface area contributed by atoms with E-state index in [0.717, 1.165) is 35.7 Å². The number of ether oxygens (including phenoxy) is 4. The zero-order chi connectivity index (χ0) is 29.5. The quantitative estimate of drug-likeness (QED) is 0.242. The molecule has 12 heteroatoms. The molecule has 1 aromatic carbocycles. The summed E-state index contributed by atoms with van der Waals surface area (Å²) in [4.78, 5) is 31.6. The highest BCUT2D eigenvalue weighted by molar-refractivity contribution is 7.18. The van der Waals surface area contributed by atoms with Crippen LogP contribution in [0.3, 0.4) is 0 Å². The molecule has 0 atom stereocenters. The number of methoxy groups -OCH3 is 1. The Morgan fingerprint density at radius 3 is 2.60 bits per heavy atom. The molecule has 0 spiro atoms. The van der Waals surface area contributed by atoms with E-state index < -0.39 is 12.1 Å². The van der Waals surface area contributed by atoms with Crippen LogP contribution in [-0.2, 0) is 20.8 Å². The van der Waals surface area contributed by atoms with Crippen LogP contribution < -0.4 is 15.0 Å². The summed E-state index contributed by atoms with van der Waals surface area (Å²) >= 11 is 1.03. The predicted molar refractivity (Wildman–Crippen MR) is 156 cm³/mol. The molecule has 0 aliphatic carbocycles. The van der Waals surface area contributed by atoms with Gasteiger partial charge in [0.2, 0.25) is 5.88 Å². The van der Waals surface area contributed by atoms with E-state index in [-0.39, 0.29) is 29.5 Å². The van der Waals surface area contributed by atoms with Crippen LogP contribution in [0.5, 0.6) is 5.88 Å². The first-order valence-electron chi connectivity index (χ1n) is 13.2. The zero-order valence-electron chi connectivity index (χ0n) is 23.0. The summed E-state index contributed by atoms with van der Waals surface area (Å²) in [5.74, 6) is -0.498. The molecule has 1 amide bonds. The molecule has 1 aliphatic heterocycles. The maximum absolute atomic E-state index is 12.5. The normalized spacial score (nSPS) is 12.8. The number of pyridine rings is 1. The standard InChI is InChI=1S/C30H28N4O7S/c1-3-40-30(36)33-26-14-21(27(42-26)29(35)37-2)18-41-28-24(16-31)23(20-8-11-39-17-20)15-25(32-28)19-4-6-22(7-5-19)34-9-12-38-13-10-34/h4-8,11,14-15,17H,3,9-10,12-13,18H2,1-2H3,(H,33,36). The van der Waals surface area contributed by atoms with Crippen molar-refractivity contribution in [1.82, 2.24) is 4.98 Å². The Bertz CT molecular complexity index is 1590. The summed E-state index contributed by atoms with van der Waals surface area (Å²) in [7, 11) is 1.27. The third kappa shape index (κ3) is 6.38. The second-order valence-corrected chi connectivity index (χ2v) is 10.1. The third-order valence-electron chi connectivity index (χ3n) is 6.51. The third-order valence-corrected chi connectivity index (χ3v) is 7.59. The van der Waals surface area contributed by atoms with Crippen LogP contribution in [0, 0.1) is 11.3 Å². The van der Waals surface area contributed by atoms with Crippen molar-refractivity contribution < 1.29 is 33.0 Å². The summed E-state index contributed by atoms with van der Waals surface area (Å²) in [5, 5.41) is 13.1. The highest BCUT2D eigenvalue weighted by atomic mass is 32.1. The number of aromatic nitrogens is 1. The minimum Gasteiger partial charge on any atom is -0.472 e. The molecule has 4 aromatic rings. The van der Waals surface area contributed by atoms with Gasteiger partial charge in [0, 0.05) is 41.0 Å². The van der Waals surface area contributed by atoms with Gasteiger partial charge in [0.15, 0.2) is 0 Å². The van der Waals surface area contributed by atoms with Crippen molar-refractivity contribution in [2.75, 3.05) is 50.2 Å². The lowest BCUT2D eigenvalue weighted by Gasteiger charge is -2.28. The van der Waals surface area contributed by atoms with Crippen molar-refractivity contribution in [3.05, 3.63) is 71.0 Å². The summed E-state index contributed by atoms with van der Waals surface area (Å²) in [6.07, 6.45) is 2.43. The van der Waals surface area contributed by atoms with Crippen LogP contribution in [0.2, 0.25) is 0 Å². The Morgan fingerprint density at radius 2 is 1.93 bits per heavy atom. The number of benzene rings is 1. The van der Waals surface area contributed by atoms with Crippen molar-refractivity contribution in [3.63, 3.8) is 0 Å². The second kappa shape index (κ2) is 13.2. The number of carbonyl (C=O) groups is 2. The predicted octanol–water partition coefficient (Wildman–Crippen LogP) is 5.71. The van der Waals surface area contributed by atoms with Crippen molar-refractivity contribution in [1.29, 1.82) is 5.26 Å². The minimum atomic E-state index is -0.645. The molecule has 4 heterocycles. The van der Waals surface area contributed by atoms with Gasteiger partial charge in [-0.25, -0.2) is 14.6 Å². The van der Waals surface area contributed by atoms with Gasteiger partial charge in [0.1, 0.15) is 23.1 Å². The number of rotatable bonds is 9. The number of nitrogens with one attached hydrogen (secondary N) is 1. The molecule has 42 heavy (non-hydrogen) atoms. The first kappa shape index (κ1) is 28.7. The van der Waals surface area contributed by atoms with Gasteiger partial charge in [-0.3, -0.25) is 5.32 Å². The first-order valence-corrected chi connectivity index (χ1v) is 14.0. The number of furan rings is 1. The van der Waals surface area contributed by atoms with E-state index in [4.69, 9.17) is 28.3 Å². The van der Waals surface area contributed by atoms with Crippen LogP contribution in [-0.4, -0.2) is 57.1 Å². The second-order valence-electron chi connectivity index (χ2n) is 9.10. The van der Waals surface area contributed by atoms with E-state index in [1.807, 2.05) is 30.3 Å². The van der Waals surface area contributed by atoms with Crippen LogP contribution >= 0.6 is 11.3 Å². The Labute approximate surface area is 246 Å². The molecule has 3 aromatic heterocycles. The lowest BCUT2D eigenvalue weighted by molar-refractivity contribution is 0.0603. The zero-order valence-corrected chi connectivity index (χ0v) is 23.9. The highest BCUT2D eigenvalue weighted by Crippen LogP contribution is 2.36. The molecular weight excluding hydrogens is 560 g/mol. The molecule has 11 nitrogen and oxygen atoms in total. The fourth-order valence-electron chi connectivity index (χ4n) is 4.47. The summed E-state index contributed by atoms with van der Waals surface area (Å²) < 4.78 is 26.7. The van der Waals surface area contributed by atoms with Gasteiger partial charge in [-0.2, -0.15) is 5.26 Å². The van der Waals surface area contributed by atoms with Gasteiger partial charge in [-0.15, -0.1) is 11.3 Å². The van der Waals surface area contributed by atoms with Crippen LogP contribution in [0.4, 0.5) is 15.5 Å². The van der Waals surface area contributed by atoms with Gasteiger partial charge in [0.25, 0.3) is 0 Å². The SMILES string of the molecule is CCOC(=O)Nc1cc(COc2nc(-c3ccc(N4CCOCC4)cc3)cc(-c3ccoc3)c2C#N)c(C(=O)OC)s1. The summed E-state index contributed by atoms with van der Waals surface area (Å²) in [6.45, 7) is 4.81. The smallest absolute Gasteiger partial charge is 0.412 e. The maximum atomic E-state index is 12.5. The number of nitrogens with zero attached hydrogens (tertiary/aromatic N) is 3. The molecule has 0 bridgehead atoms. The van der Waals surface area contributed by atoms with Gasteiger partial charge in [-0.05, 0) is 37.3 Å². The monoisotopic (exact) mass is 588 g/mol. The molecule has 216 valence electrons. The van der Waals surface area contributed by atoms with Crippen LogP contribution in [0.1, 0.15) is 27.7 Å². The number of thiophene rings is 1. The van der Waals surface area contributed by atoms with E-state index in [0.29, 0.717) is 40.6 Å². The Kier molecular flexibility index (Phi) is 9.01. The largest absolute Gasteiger partial charge is 0.472 e. The summed E-state index contributed by atoms with van der Waals surface area (Å²) in [5.41, 5.74) is 4.46. The number of amides is 1. The molecule has 5 rings (SSSR count). The number of morpholine rings is 1. The van der Waals surface area contributed by atoms with Crippen molar-refractivity contribution >= 4 is 34.1 Å². The topological polar surface area (TPSA) is 136 Å². The summed E-state index contributed by atoms with van der Waals surface area (Å²) in [6, 6.07) is 15.4. The van der Waals surface area contributed by atoms with Gasteiger partial charge in [0.05, 0.1) is 50.2 Å². The number of carbonyl (C=O) groups excluding carboxylic acids is 2. The number of esters is 1. The Hall–Kier alpha value is -4.86. The molecular formula is C30H28N4O7S. The van der Waals surface area contributed by atoms with Crippen LogP contribution in [0.25, 0.3) is 22.4 Å². The Morgan fingerprint density at radius 1 is 1.14 bits per heavy atom. The van der Waals surface area contributed by atoms with Gasteiger partial charge >= 0.3 is 12.1 Å². The number of hydrogen-bond acceptors (Lipinski definition) is 11. The number of hydrogen-bond donors (Lipinski definition) is 1. The fraction of sp³-hybridized carbons (Fsp3) is 0.267. The average molecular weight is 589 g/mol. The van der Waals surface area contributed by atoms with Crippen molar-refractivity contribution in [2.24, 2.45) is 0 Å². The molecule has 1 aliphatic rings. The average Bonchev–Trinajstić information content (AvgIpc) is 3.70. The lowest BCUT2D eigenvalue weighted by Crippen LogP contribution is -2.36. The molecule has 0 saturated carbocycles. The maximum Gasteiger partial charge on any atom is 0.412 e. The van der Waals surface area contributed by atoms with Crippen LogP contribution in [0.15, 0.2) is 59.4 Å². The molecule has 0 unspecified atom stereocenters. The fourth-order valence-corrected chi connectivity index (χ4v) is 5.44. The molecule has 1 saturated heterocycles. The highest BCUT2D eigenvalue weighted by Gasteiger charge is 2.22. The molecule has 0 radical (unpaired) electrons. The van der Waals surface area contributed by atoms with Gasteiger partial charge < -0.3 is 28.3 Å². The first-order chi connectivity index (χ1) is 20.5. The molecule has 1 N–H and O–H groups in total. The number of anilines is 2. The van der Waals surface area contributed by atoms with Crippen molar-refractivity contribution in [3.8, 4) is 34.3 Å². The Balaban J connectivity index is 1.48.